The molecule has 2 rings (SSSR count). The average Bonchev–Trinajstić information content (AvgIpc) is 2.66. The first-order valence-electron chi connectivity index (χ1n) is 8.61. The van der Waals surface area contributed by atoms with Crippen molar-refractivity contribution in [3.63, 3.8) is 0 Å². The van der Waals surface area contributed by atoms with Gasteiger partial charge < -0.3 is 19.5 Å². The third-order valence-electron chi connectivity index (χ3n) is 3.80. The summed E-state index contributed by atoms with van der Waals surface area (Å²) < 4.78 is 42.1. The minimum absolute atomic E-state index is 0.0204. The van der Waals surface area contributed by atoms with Crippen LogP contribution in [0.3, 0.4) is 0 Å². The molecule has 0 radical (unpaired) electrons. The van der Waals surface area contributed by atoms with E-state index in [-0.39, 0.29) is 29.4 Å². The third-order valence-corrected chi connectivity index (χ3v) is 5.70. The molecule has 1 aliphatic heterocycles. The highest BCUT2D eigenvalue weighted by atomic mass is 32.2. The number of esters is 1. The number of hydrogen-bond acceptors (Lipinski definition) is 7. The van der Waals surface area contributed by atoms with Gasteiger partial charge in [0.2, 0.25) is 10.0 Å². The van der Waals surface area contributed by atoms with E-state index in [0.717, 1.165) is 5.57 Å². The molecule has 1 fully saturated rings. The fraction of sp³-hybridized carbons (Fsp3) is 0.444. The fourth-order valence-corrected chi connectivity index (χ4v) is 3.92. The molecule has 0 bridgehead atoms. The molecule has 0 saturated carbocycles. The number of nitrogens with zero attached hydrogens (tertiary/aromatic N) is 1. The summed E-state index contributed by atoms with van der Waals surface area (Å²) in [5.41, 5.74) is 0.910. The van der Waals surface area contributed by atoms with Gasteiger partial charge in [-0.1, -0.05) is 5.57 Å². The first-order chi connectivity index (χ1) is 13.2. The highest BCUT2D eigenvalue weighted by Gasteiger charge is 2.27. The van der Waals surface area contributed by atoms with Crippen LogP contribution in [0.25, 0.3) is 0 Å². The van der Waals surface area contributed by atoms with Gasteiger partial charge in [0.05, 0.1) is 30.9 Å². The second kappa shape index (κ2) is 9.67. The molecular formula is C18H24N2O7S. The van der Waals surface area contributed by atoms with E-state index in [2.05, 4.69) is 5.32 Å². The van der Waals surface area contributed by atoms with Gasteiger partial charge in [0.1, 0.15) is 5.75 Å². The maximum Gasteiger partial charge on any atom is 0.331 e. The average molecular weight is 412 g/mol. The van der Waals surface area contributed by atoms with Crippen LogP contribution in [0.1, 0.15) is 13.8 Å². The van der Waals surface area contributed by atoms with Crippen molar-refractivity contribution in [1.82, 2.24) is 4.31 Å². The van der Waals surface area contributed by atoms with Crippen LogP contribution < -0.4 is 10.1 Å². The number of carbonyl (C=O) groups excluding carboxylic acids is 2. The van der Waals surface area contributed by atoms with Crippen molar-refractivity contribution in [3.8, 4) is 5.75 Å². The van der Waals surface area contributed by atoms with E-state index in [1.165, 1.54) is 35.7 Å². The lowest BCUT2D eigenvalue weighted by molar-refractivity contribution is -0.142. The van der Waals surface area contributed by atoms with Gasteiger partial charge in [-0.2, -0.15) is 4.31 Å². The summed E-state index contributed by atoms with van der Waals surface area (Å²) in [6.45, 7) is 4.13. The van der Waals surface area contributed by atoms with Crippen LogP contribution in [0, 0.1) is 0 Å². The molecule has 1 aliphatic rings. The van der Waals surface area contributed by atoms with E-state index in [1.54, 1.807) is 13.8 Å². The van der Waals surface area contributed by atoms with Crippen molar-refractivity contribution in [2.24, 2.45) is 0 Å². The van der Waals surface area contributed by atoms with Crippen LogP contribution in [0.15, 0.2) is 34.7 Å². The zero-order valence-electron chi connectivity index (χ0n) is 16.1. The Kier molecular flexibility index (Phi) is 7.55. The molecule has 1 N–H and O–H groups in total. The van der Waals surface area contributed by atoms with Gasteiger partial charge in [-0.15, -0.1) is 0 Å². The standard InChI is InChI=1S/C18H24N2O7S/c1-13(2)10-18(22)27-12-17(21)19-15-11-14(4-5-16(15)25-3)28(23,24)20-6-8-26-9-7-20/h4-5,10-11H,6-9,12H2,1-3H3,(H,19,21). The Labute approximate surface area is 164 Å². The van der Waals surface area contributed by atoms with Crippen LogP contribution in [0.5, 0.6) is 5.75 Å². The lowest BCUT2D eigenvalue weighted by Crippen LogP contribution is -2.40. The zero-order chi connectivity index (χ0) is 20.7. The fourth-order valence-electron chi connectivity index (χ4n) is 2.48. The number of sulfonamides is 1. The van der Waals surface area contributed by atoms with Crippen LogP contribution in [0.4, 0.5) is 5.69 Å². The van der Waals surface area contributed by atoms with Gasteiger partial charge in [0.25, 0.3) is 5.91 Å². The summed E-state index contributed by atoms with van der Waals surface area (Å²) in [5, 5.41) is 2.52. The van der Waals surface area contributed by atoms with Crippen LogP contribution in [-0.2, 0) is 29.1 Å². The Morgan fingerprint density at radius 2 is 1.93 bits per heavy atom. The quantitative estimate of drug-likeness (QED) is 0.528. The van der Waals surface area contributed by atoms with E-state index in [4.69, 9.17) is 14.2 Å². The summed E-state index contributed by atoms with van der Waals surface area (Å²) in [7, 11) is -2.33. The first kappa shape index (κ1) is 21.9. The summed E-state index contributed by atoms with van der Waals surface area (Å²) in [6, 6.07) is 4.19. The molecule has 1 aromatic carbocycles. The van der Waals surface area contributed by atoms with Gasteiger partial charge in [0, 0.05) is 19.2 Å². The van der Waals surface area contributed by atoms with Crippen molar-refractivity contribution in [2.45, 2.75) is 18.7 Å². The number of methoxy groups -OCH3 is 1. The predicted octanol–water partition coefficient (Wildman–Crippen LogP) is 1.16. The second-order valence-corrected chi connectivity index (χ2v) is 8.19. The van der Waals surface area contributed by atoms with Crippen molar-refractivity contribution >= 4 is 27.6 Å². The van der Waals surface area contributed by atoms with Crippen molar-refractivity contribution in [2.75, 3.05) is 45.3 Å². The van der Waals surface area contributed by atoms with E-state index < -0.39 is 28.5 Å². The summed E-state index contributed by atoms with van der Waals surface area (Å²) >= 11 is 0. The Morgan fingerprint density at radius 3 is 2.54 bits per heavy atom. The number of allylic oxidation sites excluding steroid dienone is 1. The third kappa shape index (κ3) is 5.78. The monoisotopic (exact) mass is 412 g/mol. The molecule has 0 atom stereocenters. The number of ether oxygens (including phenoxy) is 3. The van der Waals surface area contributed by atoms with Crippen LogP contribution >= 0.6 is 0 Å². The molecule has 0 aliphatic carbocycles. The molecule has 0 unspecified atom stereocenters. The molecule has 1 saturated heterocycles. The molecule has 9 nitrogen and oxygen atoms in total. The van der Waals surface area contributed by atoms with Gasteiger partial charge >= 0.3 is 5.97 Å². The number of amides is 1. The zero-order valence-corrected chi connectivity index (χ0v) is 16.9. The predicted molar refractivity (Wildman–Crippen MR) is 102 cm³/mol. The molecular weight excluding hydrogens is 388 g/mol. The molecule has 154 valence electrons. The summed E-state index contributed by atoms with van der Waals surface area (Å²) in [6.07, 6.45) is 1.27. The van der Waals surface area contributed by atoms with E-state index in [9.17, 15) is 18.0 Å². The molecule has 0 aromatic heterocycles. The normalized spacial score (nSPS) is 14.8. The Balaban J connectivity index is 2.15. The maximum absolute atomic E-state index is 12.8. The summed E-state index contributed by atoms with van der Waals surface area (Å²) in [5.74, 6) is -0.967. The lowest BCUT2D eigenvalue weighted by atomic mass is 10.3. The highest BCUT2D eigenvalue weighted by molar-refractivity contribution is 7.89. The second-order valence-electron chi connectivity index (χ2n) is 6.26. The summed E-state index contributed by atoms with van der Waals surface area (Å²) in [4.78, 5) is 23.6. The first-order valence-corrected chi connectivity index (χ1v) is 10.1. The van der Waals surface area contributed by atoms with E-state index in [1.807, 2.05) is 0 Å². The van der Waals surface area contributed by atoms with Gasteiger partial charge in [-0.25, -0.2) is 13.2 Å². The topological polar surface area (TPSA) is 111 Å². The number of nitrogens with one attached hydrogen (secondary N) is 1. The number of morpholine rings is 1. The van der Waals surface area contributed by atoms with Gasteiger partial charge in [0.15, 0.2) is 6.61 Å². The Hall–Kier alpha value is -2.43. The molecule has 0 spiro atoms. The Morgan fingerprint density at radius 1 is 1.25 bits per heavy atom. The smallest absolute Gasteiger partial charge is 0.331 e. The van der Waals surface area contributed by atoms with Gasteiger partial charge in [-0.05, 0) is 32.0 Å². The van der Waals surface area contributed by atoms with Crippen LogP contribution in [-0.4, -0.2) is 64.6 Å². The largest absolute Gasteiger partial charge is 0.495 e. The molecule has 1 aromatic rings. The van der Waals surface area contributed by atoms with Crippen molar-refractivity contribution < 1.29 is 32.2 Å². The number of rotatable bonds is 7. The van der Waals surface area contributed by atoms with E-state index >= 15 is 0 Å². The van der Waals surface area contributed by atoms with Crippen molar-refractivity contribution in [1.29, 1.82) is 0 Å². The van der Waals surface area contributed by atoms with Crippen molar-refractivity contribution in [3.05, 3.63) is 29.8 Å². The number of hydrogen-bond donors (Lipinski definition) is 1. The van der Waals surface area contributed by atoms with E-state index in [0.29, 0.717) is 13.2 Å². The Bertz CT molecular complexity index is 855. The molecule has 1 heterocycles. The lowest BCUT2D eigenvalue weighted by Gasteiger charge is -2.26. The maximum atomic E-state index is 12.8. The molecule has 28 heavy (non-hydrogen) atoms. The number of anilines is 1. The molecule has 1 amide bonds. The van der Waals surface area contributed by atoms with Crippen LogP contribution in [0.2, 0.25) is 0 Å². The minimum Gasteiger partial charge on any atom is -0.495 e. The SMILES string of the molecule is COc1ccc(S(=O)(=O)N2CCOCC2)cc1NC(=O)COC(=O)C=C(C)C. The number of carbonyl (C=O) groups is 2. The highest BCUT2D eigenvalue weighted by Crippen LogP contribution is 2.29. The minimum atomic E-state index is -3.73. The molecule has 10 heteroatoms. The number of benzene rings is 1. The van der Waals surface area contributed by atoms with Gasteiger partial charge in [-0.3, -0.25) is 4.79 Å².